The molecular weight excluding hydrogens is 380 g/mol. The number of carboxylic acids is 1. The number of thiazole rings is 1. The highest BCUT2D eigenvalue weighted by atomic mass is 35.5. The SMILES string of the molecule is Cc1nc(COc2ccc(Cl)cc2)sc1C(=O)N1CCOC(C(=O)O)C1. The predicted molar refractivity (Wildman–Crippen MR) is 95.9 cm³/mol. The number of rotatable bonds is 5. The molecule has 26 heavy (non-hydrogen) atoms. The molecule has 1 aromatic heterocycles. The average Bonchev–Trinajstić information content (AvgIpc) is 3.01. The zero-order valence-electron chi connectivity index (χ0n) is 14.0. The first-order valence-electron chi connectivity index (χ1n) is 7.92. The molecule has 0 bridgehead atoms. The van der Waals surface area contributed by atoms with Gasteiger partial charge in [0.15, 0.2) is 6.10 Å². The fourth-order valence-corrected chi connectivity index (χ4v) is 3.59. The van der Waals surface area contributed by atoms with E-state index in [0.717, 1.165) is 0 Å². The Morgan fingerprint density at radius 3 is 2.85 bits per heavy atom. The number of nitrogens with zero attached hydrogens (tertiary/aromatic N) is 2. The lowest BCUT2D eigenvalue weighted by Gasteiger charge is -2.30. The molecule has 1 saturated heterocycles. The molecule has 1 aromatic carbocycles. The van der Waals surface area contributed by atoms with Crippen LogP contribution in [-0.2, 0) is 16.1 Å². The molecule has 9 heteroatoms. The number of hydrogen-bond donors (Lipinski definition) is 1. The maximum absolute atomic E-state index is 12.7. The first-order chi connectivity index (χ1) is 12.4. The fourth-order valence-electron chi connectivity index (χ4n) is 2.52. The van der Waals surface area contributed by atoms with E-state index in [1.807, 2.05) is 0 Å². The summed E-state index contributed by atoms with van der Waals surface area (Å²) in [5.41, 5.74) is 0.605. The van der Waals surface area contributed by atoms with Crippen LogP contribution in [0.3, 0.4) is 0 Å². The maximum Gasteiger partial charge on any atom is 0.334 e. The van der Waals surface area contributed by atoms with E-state index in [1.165, 1.54) is 16.2 Å². The van der Waals surface area contributed by atoms with E-state index in [4.69, 9.17) is 26.2 Å². The number of hydrogen-bond acceptors (Lipinski definition) is 6. The van der Waals surface area contributed by atoms with Crippen LogP contribution in [0, 0.1) is 6.92 Å². The third-order valence-corrected chi connectivity index (χ3v) is 5.21. The lowest BCUT2D eigenvalue weighted by molar-refractivity contribution is -0.154. The van der Waals surface area contributed by atoms with E-state index in [0.29, 0.717) is 32.9 Å². The molecule has 3 rings (SSSR count). The Labute approximate surface area is 159 Å². The molecule has 1 N–H and O–H groups in total. The average molecular weight is 397 g/mol. The van der Waals surface area contributed by atoms with Crippen molar-refractivity contribution < 1.29 is 24.2 Å². The number of aromatic nitrogens is 1. The second-order valence-corrected chi connectivity index (χ2v) is 7.23. The Kier molecular flexibility index (Phi) is 5.75. The highest BCUT2D eigenvalue weighted by Crippen LogP contribution is 2.23. The number of carboxylic acid groups (broad SMARTS) is 1. The molecule has 7 nitrogen and oxygen atoms in total. The first kappa shape index (κ1) is 18.6. The van der Waals surface area contributed by atoms with Gasteiger partial charge < -0.3 is 19.5 Å². The van der Waals surface area contributed by atoms with Crippen LogP contribution in [0.4, 0.5) is 0 Å². The molecule has 0 aliphatic carbocycles. The normalized spacial score (nSPS) is 17.2. The molecule has 138 valence electrons. The number of benzene rings is 1. The van der Waals surface area contributed by atoms with Crippen LogP contribution >= 0.6 is 22.9 Å². The summed E-state index contributed by atoms with van der Waals surface area (Å²) in [5, 5.41) is 10.4. The van der Waals surface area contributed by atoms with Gasteiger partial charge in [-0.15, -0.1) is 11.3 Å². The summed E-state index contributed by atoms with van der Waals surface area (Å²) in [4.78, 5) is 30.1. The molecule has 1 aliphatic heterocycles. The highest BCUT2D eigenvalue weighted by Gasteiger charge is 2.31. The Bertz CT molecular complexity index is 808. The van der Waals surface area contributed by atoms with Gasteiger partial charge in [0.1, 0.15) is 22.2 Å². The Hall–Kier alpha value is -2.16. The van der Waals surface area contributed by atoms with Crippen molar-refractivity contribution in [3.05, 3.63) is 44.9 Å². The van der Waals surface area contributed by atoms with Crippen LogP contribution in [0.1, 0.15) is 20.4 Å². The standard InChI is InChI=1S/C17H17ClN2O5S/c1-10-15(16(21)20-6-7-24-13(8-20)17(22)23)26-14(19-10)9-25-12-4-2-11(18)3-5-12/h2-5,13H,6-9H2,1H3,(H,22,23). The highest BCUT2D eigenvalue weighted by molar-refractivity contribution is 7.13. The maximum atomic E-state index is 12.7. The first-order valence-corrected chi connectivity index (χ1v) is 9.12. The third-order valence-electron chi connectivity index (χ3n) is 3.84. The molecule has 0 radical (unpaired) electrons. The minimum atomic E-state index is -1.07. The van der Waals surface area contributed by atoms with Crippen LogP contribution in [0.5, 0.6) is 5.75 Å². The van der Waals surface area contributed by atoms with E-state index >= 15 is 0 Å². The summed E-state index contributed by atoms with van der Waals surface area (Å²) < 4.78 is 10.8. The van der Waals surface area contributed by atoms with Crippen molar-refractivity contribution in [1.82, 2.24) is 9.88 Å². The van der Waals surface area contributed by atoms with Crippen LogP contribution in [0.2, 0.25) is 5.02 Å². The molecule has 0 spiro atoms. The summed E-state index contributed by atoms with van der Waals surface area (Å²) in [5.74, 6) is -0.638. The topological polar surface area (TPSA) is 89.0 Å². The molecule has 1 aliphatic rings. The van der Waals surface area contributed by atoms with Gasteiger partial charge in [0, 0.05) is 11.6 Å². The van der Waals surface area contributed by atoms with Gasteiger partial charge in [-0.05, 0) is 31.2 Å². The molecule has 2 heterocycles. The number of morpholine rings is 1. The number of carbonyl (C=O) groups is 2. The van der Waals surface area contributed by atoms with Crippen molar-refractivity contribution in [2.24, 2.45) is 0 Å². The van der Waals surface area contributed by atoms with Crippen molar-refractivity contribution in [2.45, 2.75) is 19.6 Å². The number of ether oxygens (including phenoxy) is 2. The molecule has 2 aromatic rings. The van der Waals surface area contributed by atoms with Crippen molar-refractivity contribution in [3.8, 4) is 5.75 Å². The van der Waals surface area contributed by atoms with Gasteiger partial charge in [-0.2, -0.15) is 0 Å². The van der Waals surface area contributed by atoms with Gasteiger partial charge in [0.05, 0.1) is 18.8 Å². The minimum Gasteiger partial charge on any atom is -0.486 e. The van der Waals surface area contributed by atoms with E-state index in [1.54, 1.807) is 31.2 Å². The number of aliphatic carboxylic acids is 1. The van der Waals surface area contributed by atoms with E-state index in [-0.39, 0.29) is 25.7 Å². The summed E-state index contributed by atoms with van der Waals surface area (Å²) in [6.07, 6.45) is -0.992. The van der Waals surface area contributed by atoms with E-state index < -0.39 is 12.1 Å². The Morgan fingerprint density at radius 2 is 2.15 bits per heavy atom. The minimum absolute atomic E-state index is 0.0299. The smallest absolute Gasteiger partial charge is 0.334 e. The monoisotopic (exact) mass is 396 g/mol. The molecule has 1 atom stereocenters. The van der Waals surface area contributed by atoms with Gasteiger partial charge >= 0.3 is 5.97 Å². The van der Waals surface area contributed by atoms with E-state index in [2.05, 4.69) is 4.98 Å². The van der Waals surface area contributed by atoms with Crippen molar-refractivity contribution >= 4 is 34.8 Å². The summed E-state index contributed by atoms with van der Waals surface area (Å²) in [6.45, 7) is 2.58. The summed E-state index contributed by atoms with van der Waals surface area (Å²) in [6, 6.07) is 6.98. The molecular formula is C17H17ClN2O5S. The van der Waals surface area contributed by atoms with Gasteiger partial charge in [0.2, 0.25) is 0 Å². The van der Waals surface area contributed by atoms with Gasteiger partial charge in [-0.25, -0.2) is 9.78 Å². The number of aryl methyl sites for hydroxylation is 1. The Morgan fingerprint density at radius 1 is 1.42 bits per heavy atom. The summed E-state index contributed by atoms with van der Waals surface area (Å²) >= 11 is 7.09. The number of amides is 1. The zero-order valence-corrected chi connectivity index (χ0v) is 15.5. The predicted octanol–water partition coefficient (Wildman–Crippen LogP) is 2.61. The molecule has 1 fully saturated rings. The van der Waals surface area contributed by atoms with Crippen molar-refractivity contribution in [3.63, 3.8) is 0 Å². The van der Waals surface area contributed by atoms with E-state index in [9.17, 15) is 9.59 Å². The van der Waals surface area contributed by atoms with Crippen LogP contribution < -0.4 is 4.74 Å². The molecule has 1 unspecified atom stereocenters. The molecule has 1 amide bonds. The molecule has 0 saturated carbocycles. The summed E-state index contributed by atoms with van der Waals surface area (Å²) in [7, 11) is 0. The van der Waals surface area contributed by atoms with Crippen LogP contribution in [-0.4, -0.2) is 52.7 Å². The Balaban J connectivity index is 1.66. The lowest BCUT2D eigenvalue weighted by Crippen LogP contribution is -2.48. The lowest BCUT2D eigenvalue weighted by atomic mass is 10.2. The van der Waals surface area contributed by atoms with Crippen LogP contribution in [0.25, 0.3) is 0 Å². The number of carbonyl (C=O) groups excluding carboxylic acids is 1. The largest absolute Gasteiger partial charge is 0.486 e. The van der Waals surface area contributed by atoms with Gasteiger partial charge in [-0.1, -0.05) is 11.6 Å². The number of halogens is 1. The van der Waals surface area contributed by atoms with Crippen LogP contribution in [0.15, 0.2) is 24.3 Å². The van der Waals surface area contributed by atoms with Gasteiger partial charge in [-0.3, -0.25) is 4.79 Å². The zero-order chi connectivity index (χ0) is 18.7. The quantitative estimate of drug-likeness (QED) is 0.835. The fraction of sp³-hybridized carbons (Fsp3) is 0.353. The second-order valence-electron chi connectivity index (χ2n) is 5.71. The third kappa shape index (κ3) is 4.32. The van der Waals surface area contributed by atoms with Crippen molar-refractivity contribution in [1.29, 1.82) is 0 Å². The van der Waals surface area contributed by atoms with Gasteiger partial charge in [0.25, 0.3) is 5.91 Å². The second kappa shape index (κ2) is 8.03. The van der Waals surface area contributed by atoms with Crippen molar-refractivity contribution in [2.75, 3.05) is 19.7 Å².